The van der Waals surface area contributed by atoms with E-state index in [0.717, 1.165) is 11.6 Å². The standard InChI is InChI=1S/C20H21F3N2O2S/c1-14-6-12-17(13-7-14)28(26,27)25-24-16-10-8-15(9-11-16)18-4-2-3-5-19(18)20(21,22)23/h2-7,12-13,15,25H,8-11H2,1H3. The van der Waals surface area contributed by atoms with Gasteiger partial charge in [-0.05, 0) is 62.3 Å². The Balaban J connectivity index is 1.67. The molecule has 0 heterocycles. The summed E-state index contributed by atoms with van der Waals surface area (Å²) in [5.41, 5.74) is 1.30. The third-order valence-electron chi connectivity index (χ3n) is 4.92. The Labute approximate surface area is 162 Å². The van der Waals surface area contributed by atoms with Crippen LogP contribution in [0.25, 0.3) is 0 Å². The van der Waals surface area contributed by atoms with Crippen molar-refractivity contribution in [3.63, 3.8) is 0 Å². The van der Waals surface area contributed by atoms with Crippen LogP contribution in [-0.4, -0.2) is 14.1 Å². The minimum absolute atomic E-state index is 0.121. The van der Waals surface area contributed by atoms with E-state index >= 15 is 0 Å². The Kier molecular flexibility index (Phi) is 5.79. The molecule has 0 bridgehead atoms. The van der Waals surface area contributed by atoms with Gasteiger partial charge in [0.25, 0.3) is 10.0 Å². The Morgan fingerprint density at radius 1 is 1.00 bits per heavy atom. The molecule has 4 nitrogen and oxygen atoms in total. The van der Waals surface area contributed by atoms with Gasteiger partial charge in [0.2, 0.25) is 0 Å². The van der Waals surface area contributed by atoms with Crippen LogP contribution in [0.2, 0.25) is 0 Å². The van der Waals surface area contributed by atoms with Gasteiger partial charge in [0.1, 0.15) is 0 Å². The molecule has 1 saturated carbocycles. The number of aryl methyl sites for hydroxylation is 1. The van der Waals surface area contributed by atoms with Crippen molar-refractivity contribution in [2.45, 2.75) is 49.6 Å². The molecule has 0 unspecified atom stereocenters. The summed E-state index contributed by atoms with van der Waals surface area (Å²) in [4.78, 5) is 2.36. The van der Waals surface area contributed by atoms with Crippen LogP contribution in [-0.2, 0) is 16.2 Å². The average Bonchev–Trinajstić information content (AvgIpc) is 2.67. The quantitative estimate of drug-likeness (QED) is 0.721. The van der Waals surface area contributed by atoms with E-state index in [2.05, 4.69) is 9.93 Å². The molecular weight excluding hydrogens is 389 g/mol. The van der Waals surface area contributed by atoms with Gasteiger partial charge in [0.05, 0.1) is 10.5 Å². The van der Waals surface area contributed by atoms with Gasteiger partial charge in [-0.25, -0.2) is 4.83 Å². The molecule has 0 radical (unpaired) electrons. The summed E-state index contributed by atoms with van der Waals surface area (Å²) < 4.78 is 64.2. The van der Waals surface area contributed by atoms with Gasteiger partial charge in [-0.2, -0.15) is 26.7 Å². The highest BCUT2D eigenvalue weighted by Crippen LogP contribution is 2.40. The molecule has 0 aromatic heterocycles. The fourth-order valence-electron chi connectivity index (χ4n) is 3.38. The monoisotopic (exact) mass is 410 g/mol. The largest absolute Gasteiger partial charge is 0.416 e. The molecule has 150 valence electrons. The van der Waals surface area contributed by atoms with Crippen LogP contribution < -0.4 is 4.83 Å². The van der Waals surface area contributed by atoms with E-state index in [4.69, 9.17) is 0 Å². The molecule has 2 aromatic rings. The van der Waals surface area contributed by atoms with Crippen molar-refractivity contribution in [2.75, 3.05) is 0 Å². The van der Waals surface area contributed by atoms with Gasteiger partial charge in [-0.1, -0.05) is 35.9 Å². The van der Waals surface area contributed by atoms with Gasteiger partial charge in [-0.15, -0.1) is 0 Å². The Morgan fingerprint density at radius 2 is 1.61 bits per heavy atom. The summed E-state index contributed by atoms with van der Waals surface area (Å²) >= 11 is 0. The number of hydrazone groups is 1. The van der Waals surface area contributed by atoms with Crippen molar-refractivity contribution >= 4 is 15.7 Å². The first kappa shape index (κ1) is 20.4. The third-order valence-corrected chi connectivity index (χ3v) is 6.15. The summed E-state index contributed by atoms with van der Waals surface area (Å²) in [6, 6.07) is 12.0. The second-order valence-corrected chi connectivity index (χ2v) is 8.61. The van der Waals surface area contributed by atoms with Crippen LogP contribution in [0.5, 0.6) is 0 Å². The number of sulfonamides is 1. The zero-order chi connectivity index (χ0) is 20.4. The molecule has 0 saturated heterocycles. The smallest absolute Gasteiger partial charge is 0.200 e. The third kappa shape index (κ3) is 4.73. The topological polar surface area (TPSA) is 58.5 Å². The maximum atomic E-state index is 13.2. The Hall–Kier alpha value is -2.35. The van der Waals surface area contributed by atoms with E-state index in [1.807, 2.05) is 6.92 Å². The van der Waals surface area contributed by atoms with Gasteiger partial charge >= 0.3 is 6.18 Å². The lowest BCUT2D eigenvalue weighted by atomic mass is 9.81. The summed E-state index contributed by atoms with van der Waals surface area (Å²) in [5, 5.41) is 4.01. The van der Waals surface area contributed by atoms with Crippen LogP contribution >= 0.6 is 0 Å². The number of nitrogens with zero attached hydrogens (tertiary/aromatic N) is 1. The van der Waals surface area contributed by atoms with Crippen LogP contribution in [0.3, 0.4) is 0 Å². The van der Waals surface area contributed by atoms with Gasteiger partial charge in [-0.3, -0.25) is 0 Å². The van der Waals surface area contributed by atoms with E-state index in [1.54, 1.807) is 18.2 Å². The van der Waals surface area contributed by atoms with Crippen LogP contribution in [0.1, 0.15) is 48.3 Å². The van der Waals surface area contributed by atoms with Crippen molar-refractivity contribution in [3.8, 4) is 0 Å². The molecule has 2 aromatic carbocycles. The fourth-order valence-corrected chi connectivity index (χ4v) is 4.23. The van der Waals surface area contributed by atoms with Crippen LogP contribution in [0, 0.1) is 6.92 Å². The number of rotatable bonds is 4. The first-order chi connectivity index (χ1) is 13.2. The molecular formula is C20H21F3N2O2S. The molecule has 0 amide bonds. The number of hydrogen-bond acceptors (Lipinski definition) is 3. The Morgan fingerprint density at radius 3 is 2.21 bits per heavy atom. The van der Waals surface area contributed by atoms with E-state index < -0.39 is 21.8 Å². The van der Waals surface area contributed by atoms with Gasteiger partial charge in [0.15, 0.2) is 0 Å². The molecule has 28 heavy (non-hydrogen) atoms. The summed E-state index contributed by atoms with van der Waals surface area (Å²) in [5.74, 6) is -0.217. The fraction of sp³-hybridized carbons (Fsp3) is 0.350. The number of nitrogens with one attached hydrogen (secondary N) is 1. The Bertz CT molecular complexity index is 958. The molecule has 0 atom stereocenters. The predicted molar refractivity (Wildman–Crippen MR) is 102 cm³/mol. The highest BCUT2D eigenvalue weighted by Gasteiger charge is 2.35. The van der Waals surface area contributed by atoms with Crippen molar-refractivity contribution in [3.05, 3.63) is 65.2 Å². The van der Waals surface area contributed by atoms with Crippen molar-refractivity contribution in [2.24, 2.45) is 5.10 Å². The SMILES string of the molecule is Cc1ccc(S(=O)(=O)NN=C2CCC(c3ccccc3C(F)(F)F)CC2)cc1. The highest BCUT2D eigenvalue weighted by atomic mass is 32.2. The maximum absolute atomic E-state index is 13.2. The normalized spacial score (nSPS) is 18.0. The lowest BCUT2D eigenvalue weighted by Crippen LogP contribution is -2.23. The first-order valence-corrected chi connectivity index (χ1v) is 10.4. The molecule has 3 rings (SSSR count). The van der Waals surface area contributed by atoms with E-state index in [9.17, 15) is 21.6 Å². The molecule has 1 N–H and O–H groups in total. The summed E-state index contributed by atoms with van der Waals surface area (Å²) in [6.07, 6.45) is -2.48. The molecule has 1 fully saturated rings. The van der Waals surface area contributed by atoms with E-state index in [1.165, 1.54) is 24.3 Å². The second kappa shape index (κ2) is 7.95. The summed E-state index contributed by atoms with van der Waals surface area (Å²) in [7, 11) is -3.75. The first-order valence-electron chi connectivity index (χ1n) is 8.97. The maximum Gasteiger partial charge on any atom is 0.416 e. The molecule has 1 aliphatic rings. The predicted octanol–water partition coefficient (Wildman–Crippen LogP) is 5.01. The zero-order valence-electron chi connectivity index (χ0n) is 15.3. The lowest BCUT2D eigenvalue weighted by molar-refractivity contribution is -0.138. The lowest BCUT2D eigenvalue weighted by Gasteiger charge is -2.26. The minimum Gasteiger partial charge on any atom is -0.200 e. The molecule has 0 spiro atoms. The minimum atomic E-state index is -4.38. The molecule has 0 aliphatic heterocycles. The van der Waals surface area contributed by atoms with Crippen molar-refractivity contribution < 1.29 is 21.6 Å². The molecule has 8 heteroatoms. The van der Waals surface area contributed by atoms with Crippen LogP contribution in [0.15, 0.2) is 58.5 Å². The number of halogens is 3. The number of benzene rings is 2. The highest BCUT2D eigenvalue weighted by molar-refractivity contribution is 7.89. The van der Waals surface area contributed by atoms with Gasteiger partial charge in [0, 0.05) is 5.71 Å². The van der Waals surface area contributed by atoms with Crippen LogP contribution in [0.4, 0.5) is 13.2 Å². The molecule has 1 aliphatic carbocycles. The van der Waals surface area contributed by atoms with E-state index in [0.29, 0.717) is 37.0 Å². The number of alkyl halides is 3. The number of hydrogen-bond donors (Lipinski definition) is 1. The summed E-state index contributed by atoms with van der Waals surface area (Å²) in [6.45, 7) is 1.86. The average molecular weight is 410 g/mol. The van der Waals surface area contributed by atoms with Crippen molar-refractivity contribution in [1.82, 2.24) is 4.83 Å². The zero-order valence-corrected chi connectivity index (χ0v) is 16.1. The van der Waals surface area contributed by atoms with Gasteiger partial charge < -0.3 is 0 Å². The van der Waals surface area contributed by atoms with E-state index in [-0.39, 0.29) is 10.8 Å². The van der Waals surface area contributed by atoms with Crippen molar-refractivity contribution in [1.29, 1.82) is 0 Å². The second-order valence-electron chi connectivity index (χ2n) is 6.95.